The molecule has 0 spiro atoms. The molecule has 1 N–H and O–H groups in total. The number of ether oxygens (including phenoxy) is 1. The van der Waals surface area contributed by atoms with Crippen LogP contribution in [0.15, 0.2) is 30.5 Å². The van der Waals surface area contributed by atoms with Gasteiger partial charge in [0.15, 0.2) is 0 Å². The zero-order valence-corrected chi connectivity index (χ0v) is 9.22. The number of carbonyl (C=O) groups is 1. The highest BCUT2D eigenvalue weighted by Crippen LogP contribution is 1.89. The number of nitrogens with one attached hydrogen (secondary N) is 1. The Morgan fingerprint density at radius 2 is 2.50 bits per heavy atom. The average Bonchev–Trinajstić information content (AvgIpc) is 2.30. The van der Waals surface area contributed by atoms with E-state index in [0.717, 1.165) is 5.69 Å². The summed E-state index contributed by atoms with van der Waals surface area (Å²) in [5.41, 5.74) is 0.868. The monoisotopic (exact) mass is 221 g/mol. The minimum Gasteiger partial charge on any atom is -0.463 e. The molecule has 0 aromatic carbocycles. The summed E-state index contributed by atoms with van der Waals surface area (Å²) >= 11 is 0. The first-order valence-electron chi connectivity index (χ1n) is 5.13. The van der Waals surface area contributed by atoms with Crippen LogP contribution in [0.25, 0.3) is 0 Å². The number of esters is 1. The maximum absolute atomic E-state index is 10.9. The smallest absolute Gasteiger partial charge is 0.330 e. The first kappa shape index (κ1) is 12.3. The van der Waals surface area contributed by atoms with Crippen molar-refractivity contribution in [3.8, 4) is 0 Å². The van der Waals surface area contributed by atoms with Gasteiger partial charge in [-0.3, -0.25) is 0 Å². The van der Waals surface area contributed by atoms with Crippen molar-refractivity contribution in [3.05, 3.63) is 36.2 Å². The molecular formula is C11H15N3O2. The number of hydrogen-bond acceptors (Lipinski definition) is 5. The lowest BCUT2D eigenvalue weighted by Gasteiger charge is -1.99. The van der Waals surface area contributed by atoms with E-state index in [4.69, 9.17) is 4.74 Å². The van der Waals surface area contributed by atoms with E-state index in [0.29, 0.717) is 19.7 Å². The lowest BCUT2D eigenvalue weighted by molar-refractivity contribution is -0.137. The van der Waals surface area contributed by atoms with E-state index in [-0.39, 0.29) is 5.97 Å². The van der Waals surface area contributed by atoms with Crippen molar-refractivity contribution in [3.63, 3.8) is 0 Å². The summed E-state index contributed by atoms with van der Waals surface area (Å²) < 4.78 is 4.73. The van der Waals surface area contributed by atoms with Crippen LogP contribution in [0.3, 0.4) is 0 Å². The Balaban J connectivity index is 2.15. The van der Waals surface area contributed by atoms with Crippen LogP contribution in [-0.4, -0.2) is 29.3 Å². The Bertz CT molecular complexity index is 338. The Morgan fingerprint density at radius 3 is 3.19 bits per heavy atom. The van der Waals surface area contributed by atoms with Gasteiger partial charge in [0, 0.05) is 25.4 Å². The fraction of sp³-hybridized carbons (Fsp3) is 0.364. The summed E-state index contributed by atoms with van der Waals surface area (Å²) in [4.78, 5) is 10.9. The van der Waals surface area contributed by atoms with E-state index in [1.54, 1.807) is 19.2 Å². The van der Waals surface area contributed by atoms with Crippen LogP contribution in [-0.2, 0) is 16.1 Å². The third-order valence-electron chi connectivity index (χ3n) is 1.74. The Labute approximate surface area is 94.5 Å². The van der Waals surface area contributed by atoms with Crippen LogP contribution in [0.4, 0.5) is 0 Å². The molecule has 0 fully saturated rings. The van der Waals surface area contributed by atoms with E-state index in [9.17, 15) is 4.79 Å². The zero-order chi connectivity index (χ0) is 11.6. The molecule has 16 heavy (non-hydrogen) atoms. The van der Waals surface area contributed by atoms with Gasteiger partial charge < -0.3 is 10.1 Å². The number of carbonyl (C=O) groups excluding carboxylic acids is 1. The summed E-state index contributed by atoms with van der Waals surface area (Å²) in [6.45, 7) is 3.39. The van der Waals surface area contributed by atoms with E-state index >= 15 is 0 Å². The predicted molar refractivity (Wildman–Crippen MR) is 59.5 cm³/mol. The van der Waals surface area contributed by atoms with Crippen LogP contribution in [0.5, 0.6) is 0 Å². The molecular weight excluding hydrogens is 206 g/mol. The highest BCUT2D eigenvalue weighted by atomic mass is 16.5. The van der Waals surface area contributed by atoms with Crippen molar-refractivity contribution in [1.82, 2.24) is 15.5 Å². The van der Waals surface area contributed by atoms with Crippen molar-refractivity contribution in [2.24, 2.45) is 0 Å². The molecule has 1 rings (SSSR count). The summed E-state index contributed by atoms with van der Waals surface area (Å²) in [5, 5.41) is 10.8. The molecule has 1 aromatic rings. The van der Waals surface area contributed by atoms with Crippen molar-refractivity contribution in [1.29, 1.82) is 0 Å². The van der Waals surface area contributed by atoms with Gasteiger partial charge in [-0.05, 0) is 19.1 Å². The molecule has 5 heteroatoms. The Kier molecular flexibility index (Phi) is 5.80. The van der Waals surface area contributed by atoms with Crippen LogP contribution < -0.4 is 5.32 Å². The highest BCUT2D eigenvalue weighted by molar-refractivity contribution is 5.81. The van der Waals surface area contributed by atoms with Gasteiger partial charge >= 0.3 is 5.97 Å². The van der Waals surface area contributed by atoms with Gasteiger partial charge in [0.25, 0.3) is 0 Å². The number of nitrogens with zero attached hydrogens (tertiary/aromatic N) is 2. The first-order chi connectivity index (χ1) is 7.83. The van der Waals surface area contributed by atoms with Gasteiger partial charge in [0.1, 0.15) is 0 Å². The maximum atomic E-state index is 10.9. The molecule has 0 radical (unpaired) electrons. The summed E-state index contributed by atoms with van der Waals surface area (Å²) in [6, 6.07) is 3.72. The molecule has 0 aliphatic rings. The molecule has 1 aromatic heterocycles. The molecule has 0 aliphatic carbocycles. The van der Waals surface area contributed by atoms with Gasteiger partial charge in [-0.25, -0.2) is 4.79 Å². The highest BCUT2D eigenvalue weighted by Gasteiger charge is 1.93. The van der Waals surface area contributed by atoms with Gasteiger partial charge in [0.2, 0.25) is 0 Å². The van der Waals surface area contributed by atoms with Crippen LogP contribution in [0.1, 0.15) is 12.6 Å². The molecule has 0 bridgehead atoms. The van der Waals surface area contributed by atoms with E-state index in [2.05, 4.69) is 15.5 Å². The lowest BCUT2D eigenvalue weighted by atomic mass is 10.4. The quantitative estimate of drug-likeness (QED) is 0.435. The average molecular weight is 221 g/mol. The van der Waals surface area contributed by atoms with Gasteiger partial charge in [-0.1, -0.05) is 6.08 Å². The van der Waals surface area contributed by atoms with E-state index < -0.39 is 0 Å². The number of aromatic nitrogens is 2. The van der Waals surface area contributed by atoms with Crippen LogP contribution in [0.2, 0.25) is 0 Å². The Hall–Kier alpha value is -1.75. The van der Waals surface area contributed by atoms with Crippen molar-refractivity contribution < 1.29 is 9.53 Å². The minimum atomic E-state index is -0.316. The number of rotatable bonds is 6. The normalized spacial score (nSPS) is 10.6. The standard InChI is InChI=1S/C11H15N3O2/c1-2-16-11(15)6-4-7-12-9-10-5-3-8-13-14-10/h3-6,8,12H,2,7,9H2,1H3/b6-4+. The summed E-state index contributed by atoms with van der Waals surface area (Å²) in [5.74, 6) is -0.316. The van der Waals surface area contributed by atoms with Crippen molar-refractivity contribution >= 4 is 5.97 Å². The maximum Gasteiger partial charge on any atom is 0.330 e. The predicted octanol–water partition coefficient (Wildman–Crippen LogP) is 0.685. The number of hydrogen-bond donors (Lipinski definition) is 1. The van der Waals surface area contributed by atoms with Crippen molar-refractivity contribution in [2.75, 3.05) is 13.2 Å². The van der Waals surface area contributed by atoms with Gasteiger partial charge in [-0.15, -0.1) is 0 Å². The molecule has 0 saturated heterocycles. The summed E-state index contributed by atoms with van der Waals surface area (Å²) in [6.07, 6.45) is 4.76. The Morgan fingerprint density at radius 1 is 1.62 bits per heavy atom. The molecule has 0 amide bonds. The molecule has 86 valence electrons. The van der Waals surface area contributed by atoms with Crippen molar-refractivity contribution in [2.45, 2.75) is 13.5 Å². The minimum absolute atomic E-state index is 0.316. The molecule has 0 atom stereocenters. The fourth-order valence-corrected chi connectivity index (χ4v) is 1.06. The second kappa shape index (κ2) is 7.53. The zero-order valence-electron chi connectivity index (χ0n) is 9.22. The lowest BCUT2D eigenvalue weighted by Crippen LogP contribution is -2.14. The SMILES string of the molecule is CCOC(=O)/C=C/CNCc1cccnn1. The molecule has 5 nitrogen and oxygen atoms in total. The molecule has 0 unspecified atom stereocenters. The molecule has 1 heterocycles. The third kappa shape index (κ3) is 5.21. The molecule has 0 saturated carbocycles. The van der Waals surface area contributed by atoms with Gasteiger partial charge in [-0.2, -0.15) is 10.2 Å². The van der Waals surface area contributed by atoms with E-state index in [1.807, 2.05) is 12.1 Å². The summed E-state index contributed by atoms with van der Waals surface area (Å²) in [7, 11) is 0. The van der Waals surface area contributed by atoms with E-state index in [1.165, 1.54) is 6.08 Å². The topological polar surface area (TPSA) is 64.1 Å². The largest absolute Gasteiger partial charge is 0.463 e. The van der Waals surface area contributed by atoms with Crippen LogP contribution >= 0.6 is 0 Å². The first-order valence-corrected chi connectivity index (χ1v) is 5.13. The third-order valence-corrected chi connectivity index (χ3v) is 1.74. The second-order valence-corrected chi connectivity index (χ2v) is 3.00. The second-order valence-electron chi connectivity index (χ2n) is 3.00. The molecule has 0 aliphatic heterocycles. The van der Waals surface area contributed by atoms with Crippen LogP contribution in [0, 0.1) is 0 Å². The van der Waals surface area contributed by atoms with Gasteiger partial charge in [0.05, 0.1) is 12.3 Å². The fourth-order valence-electron chi connectivity index (χ4n) is 1.06.